The molecule has 142 valence electrons. The lowest BCUT2D eigenvalue weighted by Gasteiger charge is -2.30. The van der Waals surface area contributed by atoms with E-state index in [0.717, 1.165) is 47.4 Å². The topological polar surface area (TPSA) is 58.6 Å². The predicted octanol–water partition coefficient (Wildman–Crippen LogP) is 2.66. The minimum Gasteiger partial charge on any atom is -0.378 e. The van der Waals surface area contributed by atoms with E-state index in [1.165, 1.54) is 5.56 Å². The van der Waals surface area contributed by atoms with Crippen molar-refractivity contribution < 1.29 is 9.53 Å². The van der Waals surface area contributed by atoms with E-state index in [9.17, 15) is 4.79 Å². The summed E-state index contributed by atoms with van der Waals surface area (Å²) in [5.41, 5.74) is 4.86. The number of pyridine rings is 2. The Labute approximate surface area is 163 Å². The number of hydrogen-bond acceptors (Lipinski definition) is 5. The van der Waals surface area contributed by atoms with Crippen molar-refractivity contribution in [2.75, 3.05) is 37.7 Å². The van der Waals surface area contributed by atoms with Gasteiger partial charge < -0.3 is 14.5 Å². The Morgan fingerprint density at radius 1 is 1.00 bits per heavy atom. The minimum absolute atomic E-state index is 0.0861. The Kier molecular flexibility index (Phi) is 4.41. The fraction of sp³-hybridized carbons (Fsp3) is 0.318. The van der Waals surface area contributed by atoms with Crippen LogP contribution in [-0.4, -0.2) is 53.6 Å². The van der Waals surface area contributed by atoms with Crippen molar-refractivity contribution in [1.29, 1.82) is 0 Å². The van der Waals surface area contributed by atoms with Crippen molar-refractivity contribution in [2.45, 2.75) is 13.0 Å². The number of carbonyl (C=O) groups is 1. The number of morpholine rings is 1. The molecule has 3 aromatic rings. The van der Waals surface area contributed by atoms with Crippen molar-refractivity contribution in [3.05, 3.63) is 65.6 Å². The molecule has 2 aromatic heterocycles. The summed E-state index contributed by atoms with van der Waals surface area (Å²) < 4.78 is 5.45. The van der Waals surface area contributed by atoms with E-state index >= 15 is 0 Å². The van der Waals surface area contributed by atoms with Gasteiger partial charge >= 0.3 is 0 Å². The van der Waals surface area contributed by atoms with Crippen LogP contribution in [0.2, 0.25) is 0 Å². The molecule has 0 spiro atoms. The third-order valence-electron chi connectivity index (χ3n) is 5.59. The lowest BCUT2D eigenvalue weighted by atomic mass is 10.1. The van der Waals surface area contributed by atoms with Gasteiger partial charge in [0.15, 0.2) is 0 Å². The number of carbonyl (C=O) groups excluding carboxylic acids is 1. The summed E-state index contributed by atoms with van der Waals surface area (Å²) in [6.07, 6.45) is 4.46. The van der Waals surface area contributed by atoms with E-state index in [1.54, 1.807) is 0 Å². The van der Waals surface area contributed by atoms with Crippen LogP contribution >= 0.6 is 0 Å². The molecule has 0 unspecified atom stereocenters. The first kappa shape index (κ1) is 17.1. The molecule has 0 N–H and O–H groups in total. The molecule has 4 heterocycles. The van der Waals surface area contributed by atoms with Crippen LogP contribution in [0.25, 0.3) is 10.9 Å². The summed E-state index contributed by atoms with van der Waals surface area (Å²) in [7, 11) is 0. The van der Waals surface area contributed by atoms with Gasteiger partial charge in [-0.2, -0.15) is 0 Å². The molecule has 2 aliphatic rings. The fourth-order valence-corrected chi connectivity index (χ4v) is 4.13. The van der Waals surface area contributed by atoms with Gasteiger partial charge in [0.25, 0.3) is 5.91 Å². The van der Waals surface area contributed by atoms with Crippen LogP contribution in [0.1, 0.15) is 21.6 Å². The second kappa shape index (κ2) is 7.20. The van der Waals surface area contributed by atoms with Crippen molar-refractivity contribution in [3.8, 4) is 0 Å². The molecule has 0 aliphatic carbocycles. The van der Waals surface area contributed by atoms with Gasteiger partial charge in [-0.15, -0.1) is 0 Å². The smallest absolute Gasteiger partial charge is 0.258 e. The number of benzene rings is 1. The second-order valence-corrected chi connectivity index (χ2v) is 7.22. The van der Waals surface area contributed by atoms with Gasteiger partial charge in [0.2, 0.25) is 0 Å². The maximum absolute atomic E-state index is 13.2. The van der Waals surface area contributed by atoms with E-state index in [-0.39, 0.29) is 5.91 Å². The van der Waals surface area contributed by atoms with Crippen LogP contribution in [0.15, 0.2) is 48.8 Å². The van der Waals surface area contributed by atoms with Crippen LogP contribution in [0, 0.1) is 0 Å². The molecule has 1 aromatic carbocycles. The van der Waals surface area contributed by atoms with Gasteiger partial charge in [0.1, 0.15) is 0 Å². The maximum Gasteiger partial charge on any atom is 0.258 e. The van der Waals surface area contributed by atoms with Crippen LogP contribution in [0.3, 0.4) is 0 Å². The number of para-hydroxylation sites is 1. The Bertz CT molecular complexity index is 1020. The monoisotopic (exact) mass is 374 g/mol. The molecule has 5 rings (SSSR count). The Morgan fingerprint density at radius 2 is 1.82 bits per heavy atom. The molecule has 6 nitrogen and oxygen atoms in total. The van der Waals surface area contributed by atoms with Gasteiger partial charge in [-0.25, -0.2) is 0 Å². The number of hydrogen-bond donors (Lipinski definition) is 0. The highest BCUT2D eigenvalue weighted by Crippen LogP contribution is 2.31. The molecular formula is C22H22N4O2. The second-order valence-electron chi connectivity index (χ2n) is 7.22. The first-order valence-electron chi connectivity index (χ1n) is 9.74. The summed E-state index contributed by atoms with van der Waals surface area (Å²) in [4.78, 5) is 26.2. The minimum atomic E-state index is 0.0861. The summed E-state index contributed by atoms with van der Waals surface area (Å²) in [6, 6.07) is 12.2. The van der Waals surface area contributed by atoms with Crippen LogP contribution in [0.5, 0.6) is 0 Å². The van der Waals surface area contributed by atoms with E-state index in [2.05, 4.69) is 20.9 Å². The number of anilines is 1. The van der Waals surface area contributed by atoms with Crippen LogP contribution < -0.4 is 4.90 Å². The molecule has 6 heteroatoms. The zero-order valence-electron chi connectivity index (χ0n) is 15.7. The number of nitrogens with zero attached hydrogens (tertiary/aromatic N) is 4. The van der Waals surface area contributed by atoms with Crippen molar-refractivity contribution in [2.24, 2.45) is 0 Å². The van der Waals surface area contributed by atoms with Crippen molar-refractivity contribution in [1.82, 2.24) is 14.9 Å². The van der Waals surface area contributed by atoms with E-state index in [0.29, 0.717) is 26.3 Å². The van der Waals surface area contributed by atoms with Gasteiger partial charge in [-0.3, -0.25) is 14.8 Å². The molecule has 0 saturated carbocycles. The number of amides is 1. The summed E-state index contributed by atoms with van der Waals surface area (Å²) in [6.45, 7) is 4.27. The van der Waals surface area contributed by atoms with E-state index < -0.39 is 0 Å². The largest absolute Gasteiger partial charge is 0.378 e. The van der Waals surface area contributed by atoms with Gasteiger partial charge in [0.05, 0.1) is 42.2 Å². The zero-order chi connectivity index (χ0) is 18.9. The molecule has 1 amide bonds. The van der Waals surface area contributed by atoms with Crippen molar-refractivity contribution in [3.63, 3.8) is 0 Å². The van der Waals surface area contributed by atoms with Crippen LogP contribution in [0.4, 0.5) is 5.69 Å². The predicted molar refractivity (Wildman–Crippen MR) is 107 cm³/mol. The van der Waals surface area contributed by atoms with E-state index in [4.69, 9.17) is 4.74 Å². The summed E-state index contributed by atoms with van der Waals surface area (Å²) >= 11 is 0. The SMILES string of the molecule is O=C1c2c(N3CCOCC3)ccnc2CN1CCc1ccnc2ccccc12. The number of fused-ring (bicyclic) bond motifs is 2. The number of aromatic nitrogens is 2. The highest BCUT2D eigenvalue weighted by molar-refractivity contribution is 6.03. The van der Waals surface area contributed by atoms with Gasteiger partial charge in [-0.1, -0.05) is 18.2 Å². The number of ether oxygens (including phenoxy) is 1. The third kappa shape index (κ3) is 2.99. The molecular weight excluding hydrogens is 352 g/mol. The molecule has 0 radical (unpaired) electrons. The van der Waals surface area contributed by atoms with Gasteiger partial charge in [-0.05, 0) is 30.2 Å². The summed E-state index contributed by atoms with van der Waals surface area (Å²) in [5, 5.41) is 1.15. The fourth-order valence-electron chi connectivity index (χ4n) is 4.13. The third-order valence-corrected chi connectivity index (χ3v) is 5.59. The lowest BCUT2D eigenvalue weighted by molar-refractivity contribution is 0.0779. The molecule has 0 bridgehead atoms. The quantitative estimate of drug-likeness (QED) is 0.703. The Morgan fingerprint density at radius 3 is 2.71 bits per heavy atom. The average molecular weight is 374 g/mol. The molecule has 1 fully saturated rings. The number of rotatable bonds is 4. The normalized spacial score (nSPS) is 16.6. The standard InChI is InChI=1S/C22H22N4O2/c27-22-21-19(24-9-6-20(21)25-11-13-28-14-12-25)15-26(22)10-7-16-5-8-23-18-4-2-1-3-17(16)18/h1-6,8-9H,7,10-15H2. The van der Waals surface area contributed by atoms with E-state index in [1.807, 2.05) is 47.6 Å². The first-order chi connectivity index (χ1) is 13.8. The maximum atomic E-state index is 13.2. The zero-order valence-corrected chi connectivity index (χ0v) is 15.7. The Hall–Kier alpha value is -2.99. The highest BCUT2D eigenvalue weighted by Gasteiger charge is 2.32. The molecule has 0 atom stereocenters. The first-order valence-corrected chi connectivity index (χ1v) is 9.74. The highest BCUT2D eigenvalue weighted by atomic mass is 16.5. The molecule has 28 heavy (non-hydrogen) atoms. The molecule has 1 saturated heterocycles. The Balaban J connectivity index is 1.37. The van der Waals surface area contributed by atoms with Crippen molar-refractivity contribution >= 4 is 22.5 Å². The summed E-state index contributed by atoms with van der Waals surface area (Å²) in [5.74, 6) is 0.0861. The van der Waals surface area contributed by atoms with Crippen LogP contribution in [-0.2, 0) is 17.7 Å². The average Bonchev–Trinajstić information content (AvgIpc) is 3.08. The molecule has 2 aliphatic heterocycles. The van der Waals surface area contributed by atoms with Gasteiger partial charge in [0, 0.05) is 37.4 Å². The lowest BCUT2D eigenvalue weighted by Crippen LogP contribution is -2.37.